The molecule has 1 atom stereocenters. The van der Waals surface area contributed by atoms with Gasteiger partial charge in [-0.3, -0.25) is 0 Å². The fourth-order valence-corrected chi connectivity index (χ4v) is 3.06. The van der Waals surface area contributed by atoms with E-state index >= 15 is 0 Å². The van der Waals surface area contributed by atoms with Gasteiger partial charge in [-0.15, -0.1) is 0 Å². The highest BCUT2D eigenvalue weighted by Crippen LogP contribution is 2.26. The van der Waals surface area contributed by atoms with Crippen molar-refractivity contribution in [2.45, 2.75) is 45.6 Å². The third-order valence-electron chi connectivity index (χ3n) is 3.73. The van der Waals surface area contributed by atoms with Gasteiger partial charge in [0.15, 0.2) is 4.77 Å². The first kappa shape index (κ1) is 12.8. The van der Waals surface area contributed by atoms with E-state index in [2.05, 4.69) is 41.4 Å². The Labute approximate surface area is 109 Å². The number of H-pyrrole nitrogens is 1. The summed E-state index contributed by atoms with van der Waals surface area (Å²) >= 11 is 5.44. The molecule has 0 bridgehead atoms. The van der Waals surface area contributed by atoms with Gasteiger partial charge in [0.1, 0.15) is 0 Å². The fraction of sp³-hybridized carbons (Fsp3) is 0.769. The van der Waals surface area contributed by atoms with Crippen molar-refractivity contribution in [1.82, 2.24) is 14.5 Å². The maximum atomic E-state index is 5.44. The van der Waals surface area contributed by atoms with E-state index in [9.17, 15) is 0 Å². The van der Waals surface area contributed by atoms with Gasteiger partial charge in [0.25, 0.3) is 0 Å². The predicted molar refractivity (Wildman–Crippen MR) is 74.1 cm³/mol. The molecule has 1 aromatic heterocycles. The van der Waals surface area contributed by atoms with Crippen LogP contribution in [-0.4, -0.2) is 34.1 Å². The third-order valence-corrected chi connectivity index (χ3v) is 4.04. The number of likely N-dealkylation sites (tertiary alicyclic amines) is 1. The number of imidazole rings is 1. The Morgan fingerprint density at radius 2 is 2.29 bits per heavy atom. The van der Waals surface area contributed by atoms with E-state index in [1.807, 2.05) is 0 Å². The number of aromatic amines is 1. The number of aromatic nitrogens is 2. The average Bonchev–Trinajstić information content (AvgIpc) is 2.71. The molecule has 0 saturated carbocycles. The monoisotopic (exact) mass is 253 g/mol. The van der Waals surface area contributed by atoms with Crippen LogP contribution in [0.15, 0.2) is 6.20 Å². The second-order valence-electron chi connectivity index (χ2n) is 5.23. The number of hydrogen-bond acceptors (Lipinski definition) is 2. The summed E-state index contributed by atoms with van der Waals surface area (Å²) in [5, 5.41) is 0. The van der Waals surface area contributed by atoms with E-state index in [-0.39, 0.29) is 0 Å². The molecule has 0 radical (unpaired) electrons. The molecule has 17 heavy (non-hydrogen) atoms. The lowest BCUT2D eigenvalue weighted by Crippen LogP contribution is -2.36. The second kappa shape index (κ2) is 5.36. The van der Waals surface area contributed by atoms with Crippen LogP contribution < -0.4 is 0 Å². The maximum Gasteiger partial charge on any atom is 0.177 e. The van der Waals surface area contributed by atoms with Crippen LogP contribution >= 0.6 is 12.2 Å². The molecule has 1 unspecified atom stereocenters. The zero-order valence-corrected chi connectivity index (χ0v) is 11.9. The summed E-state index contributed by atoms with van der Waals surface area (Å²) in [5.41, 5.74) is 1.35. The van der Waals surface area contributed by atoms with Crippen molar-refractivity contribution < 1.29 is 0 Å². The van der Waals surface area contributed by atoms with Gasteiger partial charge in [-0.2, -0.15) is 0 Å². The molecule has 0 spiro atoms. The van der Waals surface area contributed by atoms with Crippen molar-refractivity contribution in [3.63, 3.8) is 0 Å². The molecular weight excluding hydrogens is 230 g/mol. The highest BCUT2D eigenvalue weighted by atomic mass is 32.1. The van der Waals surface area contributed by atoms with Crippen LogP contribution in [0.4, 0.5) is 0 Å². The quantitative estimate of drug-likeness (QED) is 0.836. The molecule has 1 aliphatic rings. The van der Waals surface area contributed by atoms with Gasteiger partial charge >= 0.3 is 0 Å². The number of hydrogen-bond donors (Lipinski definition) is 1. The molecule has 0 aromatic carbocycles. The zero-order valence-electron chi connectivity index (χ0n) is 11.1. The smallest absolute Gasteiger partial charge is 0.177 e. The van der Waals surface area contributed by atoms with Crippen molar-refractivity contribution in [2.75, 3.05) is 19.6 Å². The van der Waals surface area contributed by atoms with E-state index in [0.717, 1.165) is 17.9 Å². The molecule has 0 aliphatic carbocycles. The third kappa shape index (κ3) is 2.63. The molecule has 2 rings (SSSR count). The molecule has 3 nitrogen and oxygen atoms in total. The molecular formula is C13H23N3S. The SMILES string of the molecule is CCN1CCCC(n2c(C(C)C)c[nH]c2=S)C1. The molecule has 1 N–H and O–H groups in total. The number of nitrogens with one attached hydrogen (secondary N) is 1. The number of nitrogens with zero attached hydrogens (tertiary/aromatic N) is 2. The van der Waals surface area contributed by atoms with Gasteiger partial charge < -0.3 is 14.5 Å². The summed E-state index contributed by atoms with van der Waals surface area (Å²) in [6, 6.07) is 0.555. The molecule has 0 amide bonds. The normalized spacial score (nSPS) is 22.2. The van der Waals surface area contributed by atoms with Gasteiger partial charge in [-0.1, -0.05) is 20.8 Å². The summed E-state index contributed by atoms with van der Waals surface area (Å²) in [7, 11) is 0. The Kier molecular flexibility index (Phi) is 4.05. The molecule has 1 saturated heterocycles. The first-order valence-corrected chi connectivity index (χ1v) is 7.06. The van der Waals surface area contributed by atoms with Crippen LogP contribution in [0.2, 0.25) is 0 Å². The van der Waals surface area contributed by atoms with Crippen LogP contribution in [-0.2, 0) is 0 Å². The Balaban J connectivity index is 2.26. The molecule has 1 aliphatic heterocycles. The van der Waals surface area contributed by atoms with Crippen LogP contribution in [0, 0.1) is 4.77 Å². The minimum atomic E-state index is 0.528. The lowest BCUT2D eigenvalue weighted by molar-refractivity contribution is 0.182. The zero-order chi connectivity index (χ0) is 12.4. The standard InChI is InChI=1S/C13H23N3S/c1-4-15-7-5-6-11(9-15)16-12(10(2)3)8-14-13(16)17/h8,10-11H,4-7,9H2,1-3H3,(H,14,17). The first-order valence-electron chi connectivity index (χ1n) is 6.65. The fourth-order valence-electron chi connectivity index (χ4n) is 2.74. The molecule has 4 heteroatoms. The van der Waals surface area contributed by atoms with Crippen LogP contribution in [0.5, 0.6) is 0 Å². The van der Waals surface area contributed by atoms with Crippen LogP contribution in [0.25, 0.3) is 0 Å². The first-order chi connectivity index (χ1) is 8.13. The van der Waals surface area contributed by atoms with Crippen LogP contribution in [0.3, 0.4) is 0 Å². The topological polar surface area (TPSA) is 24.0 Å². The van der Waals surface area contributed by atoms with Crippen molar-refractivity contribution in [1.29, 1.82) is 0 Å². The van der Waals surface area contributed by atoms with Crippen LogP contribution in [0.1, 0.15) is 51.3 Å². The largest absolute Gasteiger partial charge is 0.337 e. The van der Waals surface area contributed by atoms with Gasteiger partial charge in [-0.25, -0.2) is 0 Å². The molecule has 1 fully saturated rings. The van der Waals surface area contributed by atoms with Crippen molar-refractivity contribution in [3.05, 3.63) is 16.7 Å². The Hall–Kier alpha value is -0.610. The van der Waals surface area contributed by atoms with Gasteiger partial charge in [-0.05, 0) is 44.1 Å². The van der Waals surface area contributed by atoms with E-state index in [0.29, 0.717) is 12.0 Å². The highest BCUT2D eigenvalue weighted by Gasteiger charge is 2.23. The van der Waals surface area contributed by atoms with E-state index in [1.54, 1.807) is 0 Å². The minimum Gasteiger partial charge on any atom is -0.337 e. The van der Waals surface area contributed by atoms with E-state index < -0.39 is 0 Å². The van der Waals surface area contributed by atoms with E-state index in [4.69, 9.17) is 12.2 Å². The summed E-state index contributed by atoms with van der Waals surface area (Å²) in [6.07, 6.45) is 4.61. The molecule has 2 heterocycles. The van der Waals surface area contributed by atoms with Gasteiger partial charge in [0.2, 0.25) is 0 Å². The summed E-state index contributed by atoms with van der Waals surface area (Å²) in [6.45, 7) is 10.2. The Morgan fingerprint density at radius 1 is 1.53 bits per heavy atom. The summed E-state index contributed by atoms with van der Waals surface area (Å²) < 4.78 is 3.23. The van der Waals surface area contributed by atoms with Gasteiger partial charge in [0, 0.05) is 24.5 Å². The van der Waals surface area contributed by atoms with E-state index in [1.165, 1.54) is 25.1 Å². The highest BCUT2D eigenvalue weighted by molar-refractivity contribution is 7.71. The average molecular weight is 253 g/mol. The number of piperidine rings is 1. The summed E-state index contributed by atoms with van der Waals surface area (Å²) in [5.74, 6) is 0.528. The number of rotatable bonds is 3. The molecule has 96 valence electrons. The Bertz CT molecular complexity index is 419. The Morgan fingerprint density at radius 3 is 2.94 bits per heavy atom. The number of likely N-dealkylation sites (N-methyl/N-ethyl adjacent to an activating group) is 1. The van der Waals surface area contributed by atoms with Crippen molar-refractivity contribution >= 4 is 12.2 Å². The van der Waals surface area contributed by atoms with Gasteiger partial charge in [0.05, 0.1) is 0 Å². The van der Waals surface area contributed by atoms with Crippen molar-refractivity contribution in [2.24, 2.45) is 0 Å². The summed E-state index contributed by atoms with van der Waals surface area (Å²) in [4.78, 5) is 5.73. The van der Waals surface area contributed by atoms with Crippen molar-refractivity contribution in [3.8, 4) is 0 Å². The maximum absolute atomic E-state index is 5.44. The predicted octanol–water partition coefficient (Wildman–Crippen LogP) is 3.33. The lowest BCUT2D eigenvalue weighted by Gasteiger charge is -2.33. The lowest BCUT2D eigenvalue weighted by atomic mass is 10.0. The molecule has 1 aromatic rings. The minimum absolute atomic E-state index is 0.528. The second-order valence-corrected chi connectivity index (χ2v) is 5.62.